The van der Waals surface area contributed by atoms with Crippen molar-refractivity contribution in [2.24, 2.45) is 5.92 Å². The Morgan fingerprint density at radius 3 is 2.75 bits per heavy atom. The van der Waals surface area contributed by atoms with Gasteiger partial charge in [-0.1, -0.05) is 18.9 Å². The molecule has 5 nitrogen and oxygen atoms in total. The molecule has 1 atom stereocenters. The first-order valence-electron chi connectivity index (χ1n) is 11.5. The van der Waals surface area contributed by atoms with Crippen LogP contribution in [0.15, 0.2) is 35.7 Å². The number of ether oxygens (including phenoxy) is 1. The molecule has 1 fully saturated rings. The average molecular weight is 459 g/mol. The Morgan fingerprint density at radius 1 is 1.25 bits per heavy atom. The summed E-state index contributed by atoms with van der Waals surface area (Å²) < 4.78 is 19.5. The summed E-state index contributed by atoms with van der Waals surface area (Å²) in [6.45, 7) is 4.86. The predicted octanol–water partition coefficient (Wildman–Crippen LogP) is 4.82. The van der Waals surface area contributed by atoms with Gasteiger partial charge in [-0.15, -0.1) is 11.3 Å². The molecular formula is C25H31FN2O3S. The molecule has 2 amide bonds. The minimum atomic E-state index is -0.353. The van der Waals surface area contributed by atoms with Gasteiger partial charge >= 0.3 is 0 Å². The molecule has 32 heavy (non-hydrogen) atoms. The Bertz CT molecular complexity index is 954. The van der Waals surface area contributed by atoms with Crippen molar-refractivity contribution in [2.45, 2.75) is 58.0 Å². The normalized spacial score (nSPS) is 18.6. The van der Waals surface area contributed by atoms with Gasteiger partial charge < -0.3 is 14.5 Å². The number of hydrogen-bond acceptors (Lipinski definition) is 4. The second-order valence-corrected chi connectivity index (χ2v) is 9.96. The van der Waals surface area contributed by atoms with Crippen molar-refractivity contribution in [1.82, 2.24) is 9.80 Å². The number of halogens is 1. The molecule has 2 heterocycles. The van der Waals surface area contributed by atoms with Gasteiger partial charge in [-0.2, -0.15) is 0 Å². The predicted molar refractivity (Wildman–Crippen MR) is 123 cm³/mol. The zero-order valence-electron chi connectivity index (χ0n) is 18.8. The summed E-state index contributed by atoms with van der Waals surface area (Å²) in [4.78, 5) is 31.4. The second kappa shape index (κ2) is 10.0. The van der Waals surface area contributed by atoms with Crippen molar-refractivity contribution in [2.75, 3.05) is 19.7 Å². The SMILES string of the molecule is CC(C)N(CC(=O)N1CCc2sccc2C1COc1cccc(F)c1)C(=O)C1CCCC1. The van der Waals surface area contributed by atoms with Gasteiger partial charge in [0.15, 0.2) is 0 Å². The molecule has 0 radical (unpaired) electrons. The fourth-order valence-corrected chi connectivity index (χ4v) is 5.69. The largest absolute Gasteiger partial charge is 0.491 e. The highest BCUT2D eigenvalue weighted by Gasteiger charge is 2.35. The number of carbonyl (C=O) groups is 2. The summed E-state index contributed by atoms with van der Waals surface area (Å²) >= 11 is 1.69. The van der Waals surface area contributed by atoms with Crippen LogP contribution in [0.3, 0.4) is 0 Å². The number of carbonyl (C=O) groups excluding carboxylic acids is 2. The van der Waals surface area contributed by atoms with Crippen LogP contribution >= 0.6 is 11.3 Å². The van der Waals surface area contributed by atoms with Gasteiger partial charge in [-0.25, -0.2) is 4.39 Å². The first-order valence-corrected chi connectivity index (χ1v) is 12.4. The topological polar surface area (TPSA) is 49.9 Å². The Morgan fingerprint density at radius 2 is 2.03 bits per heavy atom. The zero-order chi connectivity index (χ0) is 22.7. The van der Waals surface area contributed by atoms with Crippen LogP contribution in [0.2, 0.25) is 0 Å². The van der Waals surface area contributed by atoms with Crippen LogP contribution < -0.4 is 4.74 Å². The van der Waals surface area contributed by atoms with Crippen LogP contribution in [0.5, 0.6) is 5.75 Å². The number of rotatable bonds is 7. The monoisotopic (exact) mass is 458 g/mol. The fraction of sp³-hybridized carbons (Fsp3) is 0.520. The molecule has 1 saturated carbocycles. The summed E-state index contributed by atoms with van der Waals surface area (Å²) in [5.41, 5.74) is 1.09. The molecule has 1 aliphatic heterocycles. The molecule has 1 aromatic carbocycles. The minimum absolute atomic E-state index is 0.0319. The third-order valence-corrected chi connectivity index (χ3v) is 7.53. The summed E-state index contributed by atoms with van der Waals surface area (Å²) in [6, 6.07) is 7.81. The van der Waals surface area contributed by atoms with E-state index in [-0.39, 0.29) is 48.8 Å². The summed E-state index contributed by atoms with van der Waals surface area (Å²) in [7, 11) is 0. The van der Waals surface area contributed by atoms with Crippen molar-refractivity contribution in [3.63, 3.8) is 0 Å². The van der Waals surface area contributed by atoms with E-state index in [9.17, 15) is 14.0 Å². The zero-order valence-corrected chi connectivity index (χ0v) is 19.6. The van der Waals surface area contributed by atoms with E-state index in [0.717, 1.165) is 37.7 Å². The first kappa shape index (κ1) is 22.8. The lowest BCUT2D eigenvalue weighted by Crippen LogP contribution is -2.50. The molecule has 0 N–H and O–H groups in total. The lowest BCUT2D eigenvalue weighted by Gasteiger charge is -2.38. The van der Waals surface area contributed by atoms with Crippen LogP contribution in [0.4, 0.5) is 4.39 Å². The minimum Gasteiger partial charge on any atom is -0.491 e. The van der Waals surface area contributed by atoms with E-state index in [2.05, 4.69) is 0 Å². The van der Waals surface area contributed by atoms with E-state index >= 15 is 0 Å². The summed E-state index contributed by atoms with van der Waals surface area (Å²) in [6.07, 6.45) is 4.81. The van der Waals surface area contributed by atoms with Crippen molar-refractivity contribution in [1.29, 1.82) is 0 Å². The van der Waals surface area contributed by atoms with Gasteiger partial charge in [0.25, 0.3) is 0 Å². The highest BCUT2D eigenvalue weighted by Crippen LogP contribution is 2.34. The van der Waals surface area contributed by atoms with E-state index in [1.807, 2.05) is 30.2 Å². The smallest absolute Gasteiger partial charge is 0.242 e. The summed E-state index contributed by atoms with van der Waals surface area (Å²) in [5.74, 6) is 0.178. The van der Waals surface area contributed by atoms with Crippen molar-refractivity contribution >= 4 is 23.2 Å². The van der Waals surface area contributed by atoms with E-state index < -0.39 is 0 Å². The standard InChI is InChI=1S/C25H31FN2O3S/c1-17(2)28(25(30)18-6-3-4-7-18)15-24(29)27-12-10-23-21(11-13-32-23)22(27)16-31-20-9-5-8-19(26)14-20/h5,8-9,11,13-14,17-18,22H,3-4,6-7,10,12,15-16H2,1-2H3. The molecule has 1 aromatic heterocycles. The van der Waals surface area contributed by atoms with Gasteiger partial charge in [0, 0.05) is 29.4 Å². The molecule has 2 aliphatic rings. The summed E-state index contributed by atoms with van der Waals surface area (Å²) in [5, 5.41) is 2.04. The Balaban J connectivity index is 1.50. The Hall–Kier alpha value is -2.41. The van der Waals surface area contributed by atoms with Gasteiger partial charge in [-0.3, -0.25) is 9.59 Å². The molecule has 0 saturated heterocycles. The second-order valence-electron chi connectivity index (χ2n) is 8.96. The highest BCUT2D eigenvalue weighted by atomic mass is 32.1. The molecule has 2 aromatic rings. The van der Waals surface area contributed by atoms with E-state index in [1.54, 1.807) is 28.4 Å². The number of amides is 2. The number of nitrogens with zero attached hydrogens (tertiary/aromatic N) is 2. The molecule has 0 spiro atoms. The molecule has 1 aliphatic carbocycles. The molecule has 7 heteroatoms. The maximum atomic E-state index is 13.6. The highest BCUT2D eigenvalue weighted by molar-refractivity contribution is 7.10. The van der Waals surface area contributed by atoms with E-state index in [1.165, 1.54) is 17.0 Å². The lowest BCUT2D eigenvalue weighted by atomic mass is 10.00. The van der Waals surface area contributed by atoms with Gasteiger partial charge in [0.2, 0.25) is 11.8 Å². The van der Waals surface area contributed by atoms with Crippen LogP contribution in [0.25, 0.3) is 0 Å². The van der Waals surface area contributed by atoms with Crippen LogP contribution in [-0.2, 0) is 16.0 Å². The Labute approximate surface area is 193 Å². The van der Waals surface area contributed by atoms with Crippen molar-refractivity contribution in [3.05, 3.63) is 52.0 Å². The lowest BCUT2D eigenvalue weighted by molar-refractivity contribution is -0.146. The fourth-order valence-electron chi connectivity index (χ4n) is 4.77. The first-order chi connectivity index (χ1) is 15.4. The average Bonchev–Trinajstić information content (AvgIpc) is 3.47. The Kier molecular flexibility index (Phi) is 7.13. The van der Waals surface area contributed by atoms with E-state index in [0.29, 0.717) is 12.3 Å². The number of benzene rings is 1. The number of thiophene rings is 1. The van der Waals surface area contributed by atoms with Gasteiger partial charge in [0.05, 0.1) is 6.04 Å². The van der Waals surface area contributed by atoms with E-state index in [4.69, 9.17) is 4.74 Å². The van der Waals surface area contributed by atoms with Gasteiger partial charge in [-0.05, 0) is 62.3 Å². The maximum Gasteiger partial charge on any atom is 0.242 e. The molecule has 1 unspecified atom stereocenters. The third kappa shape index (κ3) is 4.98. The number of fused-ring (bicyclic) bond motifs is 1. The van der Waals surface area contributed by atoms with Crippen LogP contribution in [-0.4, -0.2) is 47.4 Å². The van der Waals surface area contributed by atoms with Crippen LogP contribution in [0.1, 0.15) is 56.0 Å². The quantitative estimate of drug-likeness (QED) is 0.598. The van der Waals surface area contributed by atoms with Gasteiger partial charge in [0.1, 0.15) is 24.7 Å². The third-order valence-electron chi connectivity index (χ3n) is 6.54. The number of hydrogen-bond donors (Lipinski definition) is 0. The van der Waals surface area contributed by atoms with Crippen LogP contribution in [0, 0.1) is 11.7 Å². The molecule has 172 valence electrons. The van der Waals surface area contributed by atoms with Crippen molar-refractivity contribution in [3.8, 4) is 5.75 Å². The van der Waals surface area contributed by atoms with Crippen molar-refractivity contribution < 1.29 is 18.7 Å². The molecule has 0 bridgehead atoms. The molecular weight excluding hydrogens is 427 g/mol. The maximum absolute atomic E-state index is 13.6. The molecule has 4 rings (SSSR count).